The average Bonchev–Trinajstić information content (AvgIpc) is 3.03. The molecule has 2 aromatic carbocycles. The van der Waals surface area contributed by atoms with Gasteiger partial charge in [0, 0.05) is 23.0 Å². The highest BCUT2D eigenvalue weighted by molar-refractivity contribution is 6.10. The van der Waals surface area contributed by atoms with Gasteiger partial charge in [0.1, 0.15) is 11.3 Å². The van der Waals surface area contributed by atoms with E-state index >= 15 is 0 Å². The van der Waals surface area contributed by atoms with E-state index in [0.717, 1.165) is 6.07 Å². The molecule has 0 fully saturated rings. The van der Waals surface area contributed by atoms with Crippen molar-refractivity contribution in [3.8, 4) is 11.4 Å². The SMILES string of the molecule is Cc1cc(C(=O)Nc2ccc(O)c3ncccc23)c(C)n1-c1ccccc1C(F)(F)F. The van der Waals surface area contributed by atoms with Crippen LogP contribution < -0.4 is 5.32 Å². The summed E-state index contributed by atoms with van der Waals surface area (Å²) in [5.41, 5.74) is 1.09. The number of hydrogen-bond donors (Lipinski definition) is 2. The van der Waals surface area contributed by atoms with Crippen LogP contribution in [0.2, 0.25) is 0 Å². The molecule has 4 rings (SSSR count). The van der Waals surface area contributed by atoms with E-state index in [0.29, 0.717) is 28.0 Å². The number of hydrogen-bond acceptors (Lipinski definition) is 3. The number of para-hydroxylation sites is 1. The summed E-state index contributed by atoms with van der Waals surface area (Å²) in [7, 11) is 0. The normalized spacial score (nSPS) is 11.6. The summed E-state index contributed by atoms with van der Waals surface area (Å²) < 4.78 is 42.0. The van der Waals surface area contributed by atoms with Crippen LogP contribution in [0.15, 0.2) is 60.8 Å². The first-order chi connectivity index (χ1) is 14.7. The van der Waals surface area contributed by atoms with E-state index in [1.165, 1.54) is 35.0 Å². The topological polar surface area (TPSA) is 67.2 Å². The van der Waals surface area contributed by atoms with E-state index in [1.54, 1.807) is 38.1 Å². The van der Waals surface area contributed by atoms with Crippen molar-refractivity contribution < 1.29 is 23.1 Å². The van der Waals surface area contributed by atoms with Crippen LogP contribution in [0.4, 0.5) is 18.9 Å². The van der Waals surface area contributed by atoms with Crippen LogP contribution in [-0.4, -0.2) is 20.6 Å². The maximum absolute atomic E-state index is 13.5. The Morgan fingerprint density at radius 3 is 2.55 bits per heavy atom. The fourth-order valence-corrected chi connectivity index (χ4v) is 3.73. The van der Waals surface area contributed by atoms with E-state index in [2.05, 4.69) is 10.3 Å². The predicted molar refractivity (Wildman–Crippen MR) is 112 cm³/mol. The van der Waals surface area contributed by atoms with Gasteiger partial charge in [-0.2, -0.15) is 13.2 Å². The zero-order chi connectivity index (χ0) is 22.3. The minimum Gasteiger partial charge on any atom is -0.506 e. The van der Waals surface area contributed by atoms with Gasteiger partial charge in [0.05, 0.1) is 22.5 Å². The van der Waals surface area contributed by atoms with Gasteiger partial charge in [-0.25, -0.2) is 0 Å². The molecule has 0 aliphatic carbocycles. The molecule has 0 aliphatic heterocycles. The molecule has 0 bridgehead atoms. The highest BCUT2D eigenvalue weighted by Crippen LogP contribution is 2.36. The summed E-state index contributed by atoms with van der Waals surface area (Å²) in [5, 5.41) is 13.3. The van der Waals surface area contributed by atoms with E-state index in [4.69, 9.17) is 0 Å². The first-order valence-corrected chi connectivity index (χ1v) is 9.42. The van der Waals surface area contributed by atoms with Gasteiger partial charge >= 0.3 is 6.18 Å². The molecule has 2 N–H and O–H groups in total. The first-order valence-electron chi connectivity index (χ1n) is 9.42. The number of carbonyl (C=O) groups excluding carboxylic acids is 1. The summed E-state index contributed by atoms with van der Waals surface area (Å²) >= 11 is 0. The second-order valence-corrected chi connectivity index (χ2v) is 7.12. The van der Waals surface area contributed by atoms with E-state index in [9.17, 15) is 23.1 Å². The molecule has 5 nitrogen and oxygen atoms in total. The molecule has 0 saturated heterocycles. The second-order valence-electron chi connectivity index (χ2n) is 7.12. The molecule has 0 radical (unpaired) electrons. The van der Waals surface area contributed by atoms with Crippen molar-refractivity contribution in [1.82, 2.24) is 9.55 Å². The number of nitrogens with zero attached hydrogens (tertiary/aromatic N) is 2. The maximum atomic E-state index is 13.5. The third-order valence-electron chi connectivity index (χ3n) is 5.12. The largest absolute Gasteiger partial charge is 0.506 e. The Labute approximate surface area is 175 Å². The Balaban J connectivity index is 1.76. The third-order valence-corrected chi connectivity index (χ3v) is 5.12. The number of aromatic hydroxyl groups is 1. The zero-order valence-electron chi connectivity index (χ0n) is 16.7. The number of rotatable bonds is 3. The molecular formula is C23H18F3N3O2. The fraction of sp³-hybridized carbons (Fsp3) is 0.130. The lowest BCUT2D eigenvalue weighted by atomic mass is 10.1. The first kappa shape index (κ1) is 20.5. The molecule has 158 valence electrons. The molecule has 2 aromatic heterocycles. The number of halogens is 3. The van der Waals surface area contributed by atoms with Crippen molar-refractivity contribution in [2.45, 2.75) is 20.0 Å². The number of aryl methyl sites for hydroxylation is 1. The van der Waals surface area contributed by atoms with Gasteiger partial charge in [0.15, 0.2) is 0 Å². The van der Waals surface area contributed by atoms with Crippen molar-refractivity contribution in [3.05, 3.63) is 83.3 Å². The average molecular weight is 425 g/mol. The number of aromatic nitrogens is 2. The van der Waals surface area contributed by atoms with Gasteiger partial charge in [0.25, 0.3) is 5.91 Å². The molecule has 0 spiro atoms. The zero-order valence-corrected chi connectivity index (χ0v) is 16.7. The van der Waals surface area contributed by atoms with Gasteiger partial charge in [-0.15, -0.1) is 0 Å². The summed E-state index contributed by atoms with van der Waals surface area (Å²) in [5.74, 6) is -0.491. The predicted octanol–water partition coefficient (Wildman–Crippen LogP) is 5.62. The number of fused-ring (bicyclic) bond motifs is 1. The monoisotopic (exact) mass is 425 g/mol. The van der Waals surface area contributed by atoms with Crippen molar-refractivity contribution in [2.75, 3.05) is 5.32 Å². The van der Waals surface area contributed by atoms with Gasteiger partial charge in [-0.1, -0.05) is 12.1 Å². The van der Waals surface area contributed by atoms with Crippen LogP contribution in [0.3, 0.4) is 0 Å². The van der Waals surface area contributed by atoms with E-state index < -0.39 is 17.6 Å². The Morgan fingerprint density at radius 2 is 1.81 bits per heavy atom. The number of carbonyl (C=O) groups is 1. The Morgan fingerprint density at radius 1 is 1.06 bits per heavy atom. The molecule has 0 aliphatic rings. The molecule has 0 atom stereocenters. The van der Waals surface area contributed by atoms with E-state index in [1.807, 2.05) is 0 Å². The lowest BCUT2D eigenvalue weighted by molar-refractivity contribution is -0.137. The maximum Gasteiger partial charge on any atom is 0.418 e. The highest BCUT2D eigenvalue weighted by atomic mass is 19.4. The molecular weight excluding hydrogens is 407 g/mol. The smallest absolute Gasteiger partial charge is 0.418 e. The number of phenols is 1. The number of nitrogens with one attached hydrogen (secondary N) is 1. The molecule has 31 heavy (non-hydrogen) atoms. The number of anilines is 1. The molecule has 0 unspecified atom stereocenters. The standard InChI is InChI=1S/C23H18F3N3O2/c1-13-12-16(14(2)29(13)19-8-4-3-7-17(19)23(24,25)26)22(31)28-18-9-10-20(30)21-15(18)6-5-11-27-21/h3-12,30H,1-2H3,(H,28,31). The lowest BCUT2D eigenvalue weighted by Gasteiger charge is -2.17. The van der Waals surface area contributed by atoms with Crippen molar-refractivity contribution >= 4 is 22.5 Å². The van der Waals surface area contributed by atoms with Gasteiger partial charge in [-0.3, -0.25) is 9.78 Å². The number of benzene rings is 2. The Bertz CT molecular complexity index is 1310. The quantitative estimate of drug-likeness (QED) is 0.419. The van der Waals surface area contributed by atoms with Crippen LogP contribution >= 0.6 is 0 Å². The minimum absolute atomic E-state index is 0.0180. The molecule has 1 amide bonds. The molecule has 2 heterocycles. The van der Waals surface area contributed by atoms with Crippen molar-refractivity contribution in [1.29, 1.82) is 0 Å². The van der Waals surface area contributed by atoms with Gasteiger partial charge < -0.3 is 15.0 Å². The fourth-order valence-electron chi connectivity index (χ4n) is 3.73. The number of alkyl halides is 3. The summed E-state index contributed by atoms with van der Waals surface area (Å²) in [6.45, 7) is 3.25. The molecule has 0 saturated carbocycles. The second kappa shape index (κ2) is 7.46. The van der Waals surface area contributed by atoms with Crippen molar-refractivity contribution in [2.24, 2.45) is 0 Å². The molecule has 4 aromatic rings. The van der Waals surface area contributed by atoms with Crippen molar-refractivity contribution in [3.63, 3.8) is 0 Å². The van der Waals surface area contributed by atoms with Crippen LogP contribution in [0.25, 0.3) is 16.6 Å². The number of phenolic OH excluding ortho intramolecular Hbond substituents is 1. The molecule has 8 heteroatoms. The Hall–Kier alpha value is -3.81. The van der Waals surface area contributed by atoms with Crippen LogP contribution in [0.1, 0.15) is 27.3 Å². The van der Waals surface area contributed by atoms with Crippen LogP contribution in [0.5, 0.6) is 5.75 Å². The summed E-state index contributed by atoms with van der Waals surface area (Å²) in [6.07, 6.45) is -3.00. The van der Waals surface area contributed by atoms with E-state index in [-0.39, 0.29) is 17.0 Å². The lowest BCUT2D eigenvalue weighted by Crippen LogP contribution is -2.15. The number of pyridine rings is 1. The number of amides is 1. The summed E-state index contributed by atoms with van der Waals surface area (Å²) in [4.78, 5) is 17.1. The van der Waals surface area contributed by atoms with Crippen LogP contribution in [0, 0.1) is 13.8 Å². The Kier molecular flexibility index (Phi) is 4.93. The van der Waals surface area contributed by atoms with Crippen LogP contribution in [-0.2, 0) is 6.18 Å². The van der Waals surface area contributed by atoms with Gasteiger partial charge in [0.2, 0.25) is 0 Å². The summed E-state index contributed by atoms with van der Waals surface area (Å²) in [6, 6.07) is 13.2. The van der Waals surface area contributed by atoms with Gasteiger partial charge in [-0.05, 0) is 56.3 Å². The minimum atomic E-state index is -4.53. The third kappa shape index (κ3) is 3.61. The highest BCUT2D eigenvalue weighted by Gasteiger charge is 2.34.